The highest BCUT2D eigenvalue weighted by Gasteiger charge is 2.29. The Morgan fingerprint density at radius 3 is 0.979 bits per heavy atom. The highest BCUT2D eigenvalue weighted by Crippen LogP contribution is 2.48. The van der Waals surface area contributed by atoms with Crippen LogP contribution in [-0.2, 0) is 0 Å². The average Bonchev–Trinajstić information content (AvgIpc) is 3.88. The van der Waals surface area contributed by atoms with Crippen molar-refractivity contribution in [2.45, 2.75) is 27.7 Å². The summed E-state index contributed by atoms with van der Waals surface area (Å²) >= 11 is 6.34. The summed E-state index contributed by atoms with van der Waals surface area (Å²) < 4.78 is 0. The van der Waals surface area contributed by atoms with Gasteiger partial charge in [-0.05, 0) is 98.5 Å². The van der Waals surface area contributed by atoms with E-state index in [1.165, 1.54) is 33.8 Å². The van der Waals surface area contributed by atoms with Gasteiger partial charge in [-0.25, -0.2) is 9.59 Å². The largest absolute Gasteiger partial charge is 0.478 e. The summed E-state index contributed by atoms with van der Waals surface area (Å²) in [5, 5.41) is 21.2. The first-order valence-corrected chi connectivity index (χ1v) is 18.5. The molecule has 0 atom stereocenters. The van der Waals surface area contributed by atoms with Crippen LogP contribution in [-0.4, -0.2) is 22.2 Å². The molecule has 0 fully saturated rings. The molecule has 238 valence electrons. The fraction of sp³-hybridized carbons (Fsp3) is 0.100. The molecule has 0 bridgehead atoms. The molecule has 48 heavy (non-hydrogen) atoms. The maximum Gasteiger partial charge on any atom is 0.336 e. The molecule has 0 aliphatic carbocycles. The molecule has 4 nitrogen and oxygen atoms in total. The molecule has 0 unspecified atom stereocenters. The van der Waals surface area contributed by atoms with Crippen LogP contribution in [0.4, 0.5) is 0 Å². The maximum atomic E-state index is 12.9. The van der Waals surface area contributed by atoms with E-state index in [0.29, 0.717) is 22.3 Å². The van der Waals surface area contributed by atoms with Crippen LogP contribution in [0.1, 0.15) is 43.0 Å². The number of rotatable bonds is 8. The molecule has 0 aliphatic rings. The van der Waals surface area contributed by atoms with E-state index in [0.717, 1.165) is 50.1 Å². The van der Waals surface area contributed by atoms with Gasteiger partial charge in [-0.3, -0.25) is 0 Å². The van der Waals surface area contributed by atoms with E-state index in [9.17, 15) is 19.8 Å². The molecule has 0 saturated heterocycles. The number of carboxylic acid groups (broad SMARTS) is 2. The van der Waals surface area contributed by atoms with Gasteiger partial charge in [0.25, 0.3) is 0 Å². The first-order chi connectivity index (χ1) is 23.1. The van der Waals surface area contributed by atoms with Crippen LogP contribution >= 0.6 is 45.3 Å². The Morgan fingerprint density at radius 2 is 0.667 bits per heavy atom. The lowest BCUT2D eigenvalue weighted by Crippen LogP contribution is -2.12. The van der Waals surface area contributed by atoms with Crippen LogP contribution in [0.25, 0.3) is 61.3 Å². The van der Waals surface area contributed by atoms with Crippen molar-refractivity contribution < 1.29 is 19.8 Å². The third-order valence-electron chi connectivity index (χ3n) is 8.50. The van der Waals surface area contributed by atoms with Gasteiger partial charge < -0.3 is 10.2 Å². The summed E-state index contributed by atoms with van der Waals surface area (Å²) in [5.74, 6) is -2.15. The predicted molar refractivity (Wildman–Crippen MR) is 203 cm³/mol. The highest BCUT2D eigenvalue weighted by molar-refractivity contribution is 7.26. The molecule has 0 radical (unpaired) electrons. The number of thiophene rings is 4. The summed E-state index contributed by atoms with van der Waals surface area (Å²) in [6, 6.07) is 33.1. The van der Waals surface area contributed by atoms with Crippen molar-refractivity contribution in [2.75, 3.05) is 0 Å². The highest BCUT2D eigenvalue weighted by atomic mass is 32.1. The fourth-order valence-corrected chi connectivity index (χ4v) is 10.5. The Kier molecular flexibility index (Phi) is 8.51. The van der Waals surface area contributed by atoms with Gasteiger partial charge in [0.2, 0.25) is 0 Å². The van der Waals surface area contributed by atoms with E-state index in [-0.39, 0.29) is 11.1 Å². The number of aromatic carboxylic acids is 2. The molecule has 2 N–H and O–H groups in total. The number of carboxylic acids is 2. The van der Waals surface area contributed by atoms with Gasteiger partial charge in [0.15, 0.2) is 0 Å². The van der Waals surface area contributed by atoms with Crippen LogP contribution < -0.4 is 0 Å². The Labute approximate surface area is 294 Å². The average molecular weight is 703 g/mol. The number of hydrogen-bond acceptors (Lipinski definition) is 6. The van der Waals surface area contributed by atoms with E-state index in [4.69, 9.17) is 0 Å². The molecule has 4 aromatic heterocycles. The first-order valence-electron chi connectivity index (χ1n) is 15.3. The second-order valence-corrected chi connectivity index (χ2v) is 16.1. The Morgan fingerprint density at radius 1 is 0.396 bits per heavy atom. The quantitative estimate of drug-likeness (QED) is 0.165. The molecule has 0 saturated carbocycles. The molecule has 7 rings (SSSR count). The molecule has 3 aromatic carbocycles. The maximum absolute atomic E-state index is 12.9. The topological polar surface area (TPSA) is 74.6 Å². The van der Waals surface area contributed by atoms with Crippen molar-refractivity contribution in [3.8, 4) is 61.3 Å². The molecule has 0 spiro atoms. The number of carbonyl (C=O) groups is 2. The lowest BCUT2D eigenvalue weighted by molar-refractivity contribution is 0.0681. The van der Waals surface area contributed by atoms with Gasteiger partial charge in [0, 0.05) is 50.1 Å². The summed E-state index contributed by atoms with van der Waals surface area (Å²) in [6.07, 6.45) is 0. The van der Waals surface area contributed by atoms with Crippen molar-refractivity contribution >= 4 is 57.3 Å². The Balaban J connectivity index is 1.28. The van der Waals surface area contributed by atoms with Crippen molar-refractivity contribution in [1.29, 1.82) is 0 Å². The van der Waals surface area contributed by atoms with Gasteiger partial charge >= 0.3 is 11.9 Å². The van der Waals surface area contributed by atoms with E-state index < -0.39 is 11.9 Å². The van der Waals surface area contributed by atoms with Gasteiger partial charge in [-0.15, -0.1) is 45.3 Å². The van der Waals surface area contributed by atoms with E-state index in [1.54, 1.807) is 36.5 Å². The van der Waals surface area contributed by atoms with Gasteiger partial charge in [0.1, 0.15) is 0 Å². The second-order valence-electron chi connectivity index (χ2n) is 11.7. The third-order valence-corrected chi connectivity index (χ3v) is 13.4. The van der Waals surface area contributed by atoms with Crippen LogP contribution in [0.5, 0.6) is 0 Å². The summed E-state index contributed by atoms with van der Waals surface area (Å²) in [7, 11) is 0. The fourth-order valence-electron chi connectivity index (χ4n) is 6.05. The van der Waals surface area contributed by atoms with E-state index in [2.05, 4.69) is 86.6 Å². The van der Waals surface area contributed by atoms with E-state index >= 15 is 0 Å². The summed E-state index contributed by atoms with van der Waals surface area (Å²) in [4.78, 5) is 33.8. The molecule has 0 aliphatic heterocycles. The van der Waals surface area contributed by atoms with Crippen LogP contribution in [0.2, 0.25) is 0 Å². The zero-order valence-electron chi connectivity index (χ0n) is 26.6. The SMILES string of the molecule is Cc1ccc(-c2ccc(-c3ccc(-c4c(C)c(C(=O)O)c(-c5ccc(-c6ccc(-c7ccc(C)cc7)s6)s5)c(C)c4C(=O)O)s3)s2)cc1. The van der Waals surface area contributed by atoms with Crippen LogP contribution in [0.3, 0.4) is 0 Å². The lowest BCUT2D eigenvalue weighted by atomic mass is 9.86. The molecule has 4 heterocycles. The van der Waals surface area contributed by atoms with Gasteiger partial charge in [-0.2, -0.15) is 0 Å². The zero-order valence-corrected chi connectivity index (χ0v) is 29.8. The van der Waals surface area contributed by atoms with E-state index in [1.807, 2.05) is 24.3 Å². The summed E-state index contributed by atoms with van der Waals surface area (Å²) in [6.45, 7) is 7.60. The molecule has 7 aromatic rings. The Hall–Kier alpha value is -4.60. The van der Waals surface area contributed by atoms with Gasteiger partial charge in [0.05, 0.1) is 11.1 Å². The molecular weight excluding hydrogens is 673 g/mol. The summed E-state index contributed by atoms with van der Waals surface area (Å²) in [5.41, 5.74) is 6.83. The molecular formula is C40H30O4S4. The van der Waals surface area contributed by atoms with Crippen LogP contribution in [0.15, 0.2) is 97.1 Å². The van der Waals surface area contributed by atoms with Crippen molar-refractivity contribution in [1.82, 2.24) is 0 Å². The number of benzene rings is 3. The minimum Gasteiger partial charge on any atom is -0.478 e. The third kappa shape index (κ3) is 5.86. The molecule has 0 amide bonds. The predicted octanol–water partition coefficient (Wildman–Crippen LogP) is 12.6. The number of aryl methyl sites for hydroxylation is 2. The minimum absolute atomic E-state index is 0.139. The standard InChI is InChI=1S/C40H30O4S4/c1-21-5-9-25(10-6-21)27-13-15-29(45-27)31-17-19-33(47-31)35-23(3)38(40(43)44)36(24(4)37(35)39(41)42)34-20-18-32(48-34)30-16-14-28(46-30)26-11-7-22(2)8-12-26/h5-20H,1-4H3,(H,41,42)(H,43,44). The first kappa shape index (κ1) is 32.0. The van der Waals surface area contributed by atoms with Crippen molar-refractivity contribution in [3.63, 3.8) is 0 Å². The number of hydrogen-bond donors (Lipinski definition) is 2. The zero-order chi connectivity index (χ0) is 33.7. The van der Waals surface area contributed by atoms with Crippen molar-refractivity contribution in [3.05, 3.63) is 130 Å². The normalized spacial score (nSPS) is 11.2. The smallest absolute Gasteiger partial charge is 0.336 e. The minimum atomic E-state index is -1.07. The monoisotopic (exact) mass is 702 g/mol. The van der Waals surface area contributed by atoms with Crippen molar-refractivity contribution in [2.24, 2.45) is 0 Å². The lowest BCUT2D eigenvalue weighted by Gasteiger charge is -2.19. The van der Waals surface area contributed by atoms with Crippen LogP contribution in [0, 0.1) is 27.7 Å². The molecule has 8 heteroatoms. The second kappa shape index (κ2) is 12.8. The van der Waals surface area contributed by atoms with Gasteiger partial charge in [-0.1, -0.05) is 59.7 Å². The Bertz CT molecular complexity index is 2160.